The number of halogens is 3. The zero-order valence-electron chi connectivity index (χ0n) is 62.5. The summed E-state index contributed by atoms with van der Waals surface area (Å²) >= 11 is 6.01. The van der Waals surface area contributed by atoms with E-state index < -0.39 is 17.7 Å². The van der Waals surface area contributed by atoms with Gasteiger partial charge in [0.05, 0.1) is 86.6 Å². The van der Waals surface area contributed by atoms with Crippen LogP contribution in [0.4, 0.5) is 43.7 Å². The third-order valence-electron chi connectivity index (χ3n) is 16.8. The molecular formula is C80H93ClF2N14O12. The van der Waals surface area contributed by atoms with Gasteiger partial charge in [0, 0.05) is 83.8 Å². The van der Waals surface area contributed by atoms with Crippen LogP contribution in [-0.2, 0) is 81.9 Å². The molecule has 7 aromatic heterocycles. The number of ether oxygens (including phenoxy) is 8. The van der Waals surface area contributed by atoms with Gasteiger partial charge < -0.3 is 63.7 Å². The highest BCUT2D eigenvalue weighted by Gasteiger charge is 2.20. The number of aryl methyl sites for hydroxylation is 10. The number of carbonyl (C=O) groups excluding carboxylic acids is 1. The molecule has 0 radical (unpaired) electrons. The van der Waals surface area contributed by atoms with Crippen LogP contribution in [0, 0.1) is 32.4 Å². The average molecular weight is 1520 g/mol. The molecular weight excluding hydrogens is 1420 g/mol. The van der Waals surface area contributed by atoms with Crippen LogP contribution in [0.2, 0.25) is 5.28 Å². The second-order valence-corrected chi connectivity index (χ2v) is 25.6. The number of benzene rings is 3. The predicted octanol–water partition coefficient (Wildman–Crippen LogP) is 13.8. The fraction of sp³-hybridized carbons (Fsp3) is 0.375. The standard InChI is InChI=1S/C26H32N4O4.C21H22F2N4O2.C18H21ClN2O4.C15H18N4O2/c1-4-22-23(12-6-18(2)27-22)29-26-28-20(9-13-25-32-14-5-15-33-25)16-24(30-26)34-17-19-7-10-21(31-3)11-8-19;1-3-17-18(6-4-12(2)24-17)26-21-25-16(11-20(29)27-21)5-7-19(28)13-8-14(22)10-15(23)9-13;1-22-15-6-3-13(4-7-15)12-25-16-11-14(20-18(19)21-16)5-8-17-23-9-2-10-24-17;1-3-12-13(7-6-10(2)16-12)18-15-17-11(5-4-8-20)9-14(21)19-15/h6-8,10-12,16,25H,4-5,9,13-15,17H2,1-3H3,(H,28,29,30);4,6,8-11,19,28H,3,5,7H2,1-2H3,(H2,25,26,27,29);3-4,6-7,11,17H,2,5,8-10,12H2,1H3;6-9H,3-5H2,1-2H3,(H2,17,18,19,21). The summed E-state index contributed by atoms with van der Waals surface area (Å²) in [6, 6.07) is 36.3. The first-order valence-electron chi connectivity index (χ1n) is 36.2. The number of methoxy groups -OCH3 is 2. The van der Waals surface area contributed by atoms with E-state index in [1.165, 1.54) is 12.1 Å². The van der Waals surface area contributed by atoms with Gasteiger partial charge in [-0.05, 0) is 186 Å². The highest BCUT2D eigenvalue weighted by molar-refractivity contribution is 6.28. The smallest absolute Gasteiger partial charge is 0.252 e. The Balaban J connectivity index is 0.000000170. The Kier molecular flexibility index (Phi) is 32.2. The minimum atomic E-state index is -1.08. The summed E-state index contributed by atoms with van der Waals surface area (Å²) in [7, 11) is 3.29. The molecule has 2 fully saturated rings. The number of rotatable bonds is 30. The molecule has 0 amide bonds. The summed E-state index contributed by atoms with van der Waals surface area (Å²) in [4.78, 5) is 79.3. The molecule has 0 aliphatic carbocycles. The van der Waals surface area contributed by atoms with Gasteiger partial charge in [0.2, 0.25) is 34.9 Å². The molecule has 1 atom stereocenters. The lowest BCUT2D eigenvalue weighted by Crippen LogP contribution is -2.25. The lowest BCUT2D eigenvalue weighted by molar-refractivity contribution is -0.181. The first-order valence-corrected chi connectivity index (χ1v) is 36.6. The number of H-pyrrole nitrogens is 2. The average Bonchev–Trinajstić information content (AvgIpc) is 0.803. The molecule has 2 saturated heterocycles. The molecule has 6 N–H and O–H groups in total. The Morgan fingerprint density at radius 2 is 0.945 bits per heavy atom. The molecule has 0 saturated carbocycles. The van der Waals surface area contributed by atoms with Gasteiger partial charge >= 0.3 is 0 Å². The summed E-state index contributed by atoms with van der Waals surface area (Å²) in [6.45, 7) is 15.6. The molecule has 2 aliphatic heterocycles. The first kappa shape index (κ1) is 82.3. The molecule has 26 nitrogen and oxygen atoms in total. The van der Waals surface area contributed by atoms with Crippen LogP contribution < -0.4 is 46.0 Å². The van der Waals surface area contributed by atoms with Crippen LogP contribution in [-0.4, -0.2) is 119 Å². The number of aliphatic hydroxyl groups is 1. The van der Waals surface area contributed by atoms with Crippen molar-refractivity contribution in [2.24, 2.45) is 0 Å². The van der Waals surface area contributed by atoms with Gasteiger partial charge in [-0.3, -0.25) is 34.5 Å². The first-order chi connectivity index (χ1) is 52.8. The molecule has 2 aliphatic rings. The number of hydrogen-bond donors (Lipinski definition) is 6. The molecule has 29 heteroatoms. The Morgan fingerprint density at radius 3 is 1.39 bits per heavy atom. The topological polar surface area (TPSA) is 329 Å². The van der Waals surface area contributed by atoms with Crippen LogP contribution in [0.3, 0.4) is 0 Å². The van der Waals surface area contributed by atoms with E-state index in [9.17, 15) is 28.3 Å². The van der Waals surface area contributed by atoms with Crippen molar-refractivity contribution in [2.75, 3.05) is 56.6 Å². The maximum Gasteiger partial charge on any atom is 0.252 e. The predicted molar refractivity (Wildman–Crippen MR) is 410 cm³/mol. The van der Waals surface area contributed by atoms with Gasteiger partial charge in [-0.25, -0.2) is 28.7 Å². The van der Waals surface area contributed by atoms with E-state index in [1.807, 2.05) is 126 Å². The SMILES string of the molecule is CCc1nc(C)ccc1Nc1nc(CCC(O)c2cc(F)cc(F)c2)cc(=O)[nH]1.CCc1nc(C)ccc1Nc1nc(CCC2OCCCO2)cc(OCc2ccc(OC)cc2)n1.CCc1nc(C)ccc1Nc1nc(CCC=O)cc(=O)[nH]1.COc1ccc(COc2cc(CCC3OCCCO3)nc(Cl)n2)cc1. The third-order valence-corrected chi connectivity index (χ3v) is 17.0. The van der Waals surface area contributed by atoms with Crippen LogP contribution in [0.15, 0.2) is 137 Å². The van der Waals surface area contributed by atoms with E-state index in [0.29, 0.717) is 80.4 Å². The number of aliphatic hydroxyl groups excluding tert-OH is 1. The number of pyridine rings is 3. The Labute approximate surface area is 636 Å². The van der Waals surface area contributed by atoms with Crippen molar-refractivity contribution in [3.8, 4) is 23.3 Å². The van der Waals surface area contributed by atoms with Crippen LogP contribution >= 0.6 is 11.6 Å². The van der Waals surface area contributed by atoms with Crippen molar-refractivity contribution in [2.45, 2.75) is 157 Å². The van der Waals surface area contributed by atoms with Crippen molar-refractivity contribution in [1.82, 2.24) is 54.8 Å². The lowest BCUT2D eigenvalue weighted by atomic mass is 10.0. The zero-order chi connectivity index (χ0) is 77.4. The molecule has 9 heterocycles. The third kappa shape index (κ3) is 27.5. The largest absolute Gasteiger partial charge is 0.497 e. The summed E-state index contributed by atoms with van der Waals surface area (Å²) in [5.74, 6) is 2.18. The molecule has 10 aromatic rings. The number of carbonyl (C=O) groups is 1. The Bertz CT molecular complexity index is 4650. The van der Waals surface area contributed by atoms with Crippen molar-refractivity contribution in [3.05, 3.63) is 239 Å². The Hall–Kier alpha value is -10.8. The van der Waals surface area contributed by atoms with E-state index in [2.05, 4.69) is 72.7 Å². The lowest BCUT2D eigenvalue weighted by Gasteiger charge is -2.23. The molecule has 3 aromatic carbocycles. The van der Waals surface area contributed by atoms with Crippen LogP contribution in [0.1, 0.15) is 139 Å². The monoisotopic (exact) mass is 1510 g/mol. The minimum Gasteiger partial charge on any atom is -0.497 e. The molecule has 109 heavy (non-hydrogen) atoms. The van der Waals surface area contributed by atoms with E-state index in [1.54, 1.807) is 20.3 Å². The second kappa shape index (κ2) is 42.7. The molecule has 0 bridgehead atoms. The number of aromatic amines is 2. The maximum absolute atomic E-state index is 13.3. The van der Waals surface area contributed by atoms with Gasteiger partial charge in [-0.15, -0.1) is 0 Å². The van der Waals surface area contributed by atoms with Crippen molar-refractivity contribution < 1.29 is 56.6 Å². The van der Waals surface area contributed by atoms with E-state index in [0.717, 1.165) is 175 Å². The van der Waals surface area contributed by atoms with Gasteiger partial charge in [0.15, 0.2) is 12.6 Å². The maximum atomic E-state index is 13.3. The molecule has 0 spiro atoms. The van der Waals surface area contributed by atoms with Crippen molar-refractivity contribution in [1.29, 1.82) is 0 Å². The summed E-state index contributed by atoms with van der Waals surface area (Å²) < 4.78 is 71.3. The molecule has 576 valence electrons. The van der Waals surface area contributed by atoms with E-state index >= 15 is 0 Å². The normalized spacial score (nSPS) is 13.1. The summed E-state index contributed by atoms with van der Waals surface area (Å²) in [6.07, 6.45) is 7.58. The summed E-state index contributed by atoms with van der Waals surface area (Å²) in [5, 5.41) is 19.9. The fourth-order valence-electron chi connectivity index (χ4n) is 11.2. The Morgan fingerprint density at radius 1 is 0.523 bits per heavy atom. The van der Waals surface area contributed by atoms with Crippen LogP contribution in [0.25, 0.3) is 0 Å². The second-order valence-electron chi connectivity index (χ2n) is 25.3. The van der Waals surface area contributed by atoms with Gasteiger partial charge in [0.1, 0.15) is 42.6 Å². The molecule has 1 unspecified atom stereocenters. The highest BCUT2D eigenvalue weighted by atomic mass is 35.5. The summed E-state index contributed by atoms with van der Waals surface area (Å²) in [5.41, 5.74) is 12.3. The van der Waals surface area contributed by atoms with E-state index in [-0.39, 0.29) is 53.3 Å². The minimum absolute atomic E-state index is 0.143. The number of aromatic nitrogens is 11. The number of anilines is 6. The number of aldehydes is 1. The number of hydrogen-bond acceptors (Lipinski definition) is 24. The van der Waals surface area contributed by atoms with Crippen LogP contribution in [0.5, 0.6) is 23.3 Å². The van der Waals surface area contributed by atoms with Crippen molar-refractivity contribution in [3.63, 3.8) is 0 Å². The van der Waals surface area contributed by atoms with Gasteiger partial charge in [-0.2, -0.15) is 9.97 Å². The molecule has 12 rings (SSSR count). The van der Waals surface area contributed by atoms with Crippen molar-refractivity contribution >= 4 is 52.8 Å². The highest BCUT2D eigenvalue weighted by Crippen LogP contribution is 2.27. The number of nitrogens with one attached hydrogen (secondary N) is 5. The quantitative estimate of drug-likeness (QED) is 0.0180. The zero-order valence-corrected chi connectivity index (χ0v) is 63.2. The van der Waals surface area contributed by atoms with E-state index in [4.69, 9.17) is 54.5 Å². The van der Waals surface area contributed by atoms with Gasteiger partial charge in [0.25, 0.3) is 11.1 Å². The number of nitrogens with zero attached hydrogens (tertiary/aromatic N) is 9. The fourth-order valence-corrected chi connectivity index (χ4v) is 11.4. The van der Waals surface area contributed by atoms with Gasteiger partial charge in [-0.1, -0.05) is 45.0 Å².